The summed E-state index contributed by atoms with van der Waals surface area (Å²) in [5.74, 6) is 1.15. The number of methoxy groups -OCH3 is 1. The summed E-state index contributed by atoms with van der Waals surface area (Å²) in [4.78, 5) is 11.5. The van der Waals surface area contributed by atoms with E-state index in [1.54, 1.807) is 25.3 Å². The minimum atomic E-state index is -0.137. The first kappa shape index (κ1) is 13.3. The van der Waals surface area contributed by atoms with Crippen LogP contribution in [0.25, 0.3) is 0 Å². The van der Waals surface area contributed by atoms with Crippen LogP contribution in [0.15, 0.2) is 18.2 Å². The molecule has 0 aliphatic rings. The van der Waals surface area contributed by atoms with Crippen LogP contribution in [0.3, 0.4) is 0 Å². The molecule has 1 amide bonds. The first-order chi connectivity index (χ1) is 8.21. The highest BCUT2D eigenvalue weighted by atomic mass is 16.5. The molecule has 0 aliphatic heterocycles. The Kier molecular flexibility index (Phi) is 5.29. The van der Waals surface area contributed by atoms with Gasteiger partial charge in [0.25, 0.3) is 0 Å². The van der Waals surface area contributed by atoms with Gasteiger partial charge in [-0.05, 0) is 19.1 Å². The zero-order valence-electron chi connectivity index (χ0n) is 10.2. The van der Waals surface area contributed by atoms with E-state index in [2.05, 4.69) is 5.32 Å². The van der Waals surface area contributed by atoms with Gasteiger partial charge in [-0.15, -0.1) is 0 Å². The summed E-state index contributed by atoms with van der Waals surface area (Å²) in [7, 11) is 1.57. The summed E-state index contributed by atoms with van der Waals surface area (Å²) in [5.41, 5.74) is 5.92. The van der Waals surface area contributed by atoms with Crippen molar-refractivity contribution in [2.45, 2.75) is 13.3 Å². The smallest absolute Gasteiger partial charge is 0.225 e. The number of benzene rings is 1. The molecule has 5 heteroatoms. The number of hydrogen-bond donors (Lipinski definition) is 2. The summed E-state index contributed by atoms with van der Waals surface area (Å²) in [6, 6.07) is 5.27. The van der Waals surface area contributed by atoms with Gasteiger partial charge in [0.15, 0.2) is 0 Å². The number of nitrogens with one attached hydrogen (secondary N) is 1. The summed E-state index contributed by atoms with van der Waals surface area (Å²) in [6.07, 6.45) is 0.281. The van der Waals surface area contributed by atoms with Crippen molar-refractivity contribution in [3.8, 4) is 11.5 Å². The SMILES string of the molecule is CCOc1ccc(OC)cc1NC(=O)CCN. The second-order valence-electron chi connectivity index (χ2n) is 3.38. The molecule has 1 rings (SSSR count). The first-order valence-electron chi connectivity index (χ1n) is 5.52. The molecule has 0 aromatic heterocycles. The highest BCUT2D eigenvalue weighted by molar-refractivity contribution is 5.92. The fourth-order valence-electron chi connectivity index (χ4n) is 1.36. The standard InChI is InChI=1S/C12H18N2O3/c1-3-17-11-5-4-9(16-2)8-10(11)14-12(15)6-7-13/h4-5,8H,3,6-7,13H2,1-2H3,(H,14,15). The maximum atomic E-state index is 11.5. The summed E-state index contributed by atoms with van der Waals surface area (Å²) in [6.45, 7) is 2.74. The maximum absolute atomic E-state index is 11.5. The van der Waals surface area contributed by atoms with E-state index in [1.807, 2.05) is 6.92 Å². The quantitative estimate of drug-likeness (QED) is 0.785. The van der Waals surface area contributed by atoms with Crippen LogP contribution >= 0.6 is 0 Å². The average molecular weight is 238 g/mol. The Balaban J connectivity index is 2.88. The van der Waals surface area contributed by atoms with Crippen LogP contribution in [-0.4, -0.2) is 26.2 Å². The Bertz CT molecular complexity index is 380. The largest absolute Gasteiger partial charge is 0.497 e. The Morgan fingerprint density at radius 1 is 1.47 bits per heavy atom. The lowest BCUT2D eigenvalue weighted by atomic mass is 10.2. The molecule has 0 radical (unpaired) electrons. The third-order valence-electron chi connectivity index (χ3n) is 2.13. The molecule has 0 saturated heterocycles. The zero-order valence-corrected chi connectivity index (χ0v) is 10.2. The number of ether oxygens (including phenoxy) is 2. The molecule has 0 unspecified atom stereocenters. The Morgan fingerprint density at radius 2 is 2.24 bits per heavy atom. The van der Waals surface area contributed by atoms with Crippen molar-refractivity contribution < 1.29 is 14.3 Å². The van der Waals surface area contributed by atoms with Crippen molar-refractivity contribution in [2.24, 2.45) is 5.73 Å². The van der Waals surface area contributed by atoms with Crippen molar-refractivity contribution in [1.82, 2.24) is 0 Å². The van der Waals surface area contributed by atoms with Crippen molar-refractivity contribution >= 4 is 11.6 Å². The van der Waals surface area contributed by atoms with Crippen molar-refractivity contribution in [1.29, 1.82) is 0 Å². The van der Waals surface area contributed by atoms with Gasteiger partial charge in [-0.25, -0.2) is 0 Å². The third-order valence-corrected chi connectivity index (χ3v) is 2.13. The van der Waals surface area contributed by atoms with E-state index in [0.717, 1.165) is 0 Å². The molecule has 1 aromatic carbocycles. The van der Waals surface area contributed by atoms with Crippen molar-refractivity contribution in [2.75, 3.05) is 25.6 Å². The van der Waals surface area contributed by atoms with E-state index in [1.165, 1.54) is 0 Å². The van der Waals surface area contributed by atoms with Gasteiger partial charge in [0.05, 0.1) is 19.4 Å². The van der Waals surface area contributed by atoms with Crippen molar-refractivity contribution in [3.63, 3.8) is 0 Å². The van der Waals surface area contributed by atoms with Gasteiger partial charge in [-0.1, -0.05) is 0 Å². The molecular weight excluding hydrogens is 220 g/mol. The molecule has 0 spiro atoms. The molecule has 0 atom stereocenters. The number of rotatable bonds is 6. The molecule has 3 N–H and O–H groups in total. The topological polar surface area (TPSA) is 73.6 Å². The van der Waals surface area contributed by atoms with Crippen LogP contribution in [0.2, 0.25) is 0 Å². The highest BCUT2D eigenvalue weighted by Gasteiger charge is 2.08. The predicted molar refractivity (Wildman–Crippen MR) is 66.5 cm³/mol. The Morgan fingerprint density at radius 3 is 2.82 bits per heavy atom. The number of nitrogens with two attached hydrogens (primary N) is 1. The predicted octanol–water partition coefficient (Wildman–Crippen LogP) is 1.38. The van der Waals surface area contributed by atoms with Gasteiger partial charge in [0.1, 0.15) is 11.5 Å². The van der Waals surface area contributed by atoms with E-state index in [4.69, 9.17) is 15.2 Å². The molecule has 94 valence electrons. The monoisotopic (exact) mass is 238 g/mol. The lowest BCUT2D eigenvalue weighted by Gasteiger charge is -2.12. The molecule has 0 saturated carbocycles. The Labute approximate surface area is 101 Å². The summed E-state index contributed by atoms with van der Waals surface area (Å²) < 4.78 is 10.5. The van der Waals surface area contributed by atoms with Crippen LogP contribution in [0.5, 0.6) is 11.5 Å². The van der Waals surface area contributed by atoms with E-state index in [0.29, 0.717) is 30.3 Å². The Hall–Kier alpha value is -1.75. The summed E-state index contributed by atoms with van der Waals surface area (Å²) in [5, 5.41) is 2.75. The van der Waals surface area contributed by atoms with Gasteiger partial charge >= 0.3 is 0 Å². The van der Waals surface area contributed by atoms with Crippen LogP contribution < -0.4 is 20.5 Å². The number of carbonyl (C=O) groups excluding carboxylic acids is 1. The maximum Gasteiger partial charge on any atom is 0.225 e. The van der Waals surface area contributed by atoms with Gasteiger partial charge in [0, 0.05) is 19.0 Å². The zero-order chi connectivity index (χ0) is 12.7. The fourth-order valence-corrected chi connectivity index (χ4v) is 1.36. The minimum Gasteiger partial charge on any atom is -0.497 e. The van der Waals surface area contributed by atoms with Crippen LogP contribution in [0.4, 0.5) is 5.69 Å². The minimum absolute atomic E-state index is 0.137. The molecule has 1 aromatic rings. The van der Waals surface area contributed by atoms with E-state index >= 15 is 0 Å². The lowest BCUT2D eigenvalue weighted by Crippen LogP contribution is -2.16. The van der Waals surface area contributed by atoms with Crippen LogP contribution in [-0.2, 0) is 4.79 Å². The van der Waals surface area contributed by atoms with Gasteiger partial charge in [0.2, 0.25) is 5.91 Å². The van der Waals surface area contributed by atoms with Gasteiger partial charge in [-0.3, -0.25) is 4.79 Å². The number of amides is 1. The number of anilines is 1. The highest BCUT2D eigenvalue weighted by Crippen LogP contribution is 2.29. The molecule has 0 aliphatic carbocycles. The second-order valence-corrected chi connectivity index (χ2v) is 3.38. The molecule has 0 bridgehead atoms. The molecular formula is C12H18N2O3. The molecule has 0 fully saturated rings. The average Bonchev–Trinajstić information content (AvgIpc) is 2.32. The molecule has 5 nitrogen and oxygen atoms in total. The molecule has 0 heterocycles. The van der Waals surface area contributed by atoms with Crippen LogP contribution in [0.1, 0.15) is 13.3 Å². The van der Waals surface area contributed by atoms with Crippen molar-refractivity contribution in [3.05, 3.63) is 18.2 Å². The van der Waals surface area contributed by atoms with E-state index in [9.17, 15) is 4.79 Å². The van der Waals surface area contributed by atoms with Crippen LogP contribution in [0, 0.1) is 0 Å². The molecule has 17 heavy (non-hydrogen) atoms. The first-order valence-corrected chi connectivity index (χ1v) is 5.52. The number of hydrogen-bond acceptors (Lipinski definition) is 4. The van der Waals surface area contributed by atoms with E-state index in [-0.39, 0.29) is 12.3 Å². The van der Waals surface area contributed by atoms with Gasteiger partial charge < -0.3 is 20.5 Å². The van der Waals surface area contributed by atoms with Gasteiger partial charge in [-0.2, -0.15) is 0 Å². The normalized spacial score (nSPS) is 9.82. The lowest BCUT2D eigenvalue weighted by molar-refractivity contribution is -0.116. The number of carbonyl (C=O) groups is 1. The second kappa shape index (κ2) is 6.75. The van der Waals surface area contributed by atoms with E-state index < -0.39 is 0 Å². The third kappa shape index (κ3) is 3.96. The summed E-state index contributed by atoms with van der Waals surface area (Å²) >= 11 is 0. The fraction of sp³-hybridized carbons (Fsp3) is 0.417.